The third-order valence-electron chi connectivity index (χ3n) is 1.98. The van der Waals surface area contributed by atoms with Crippen molar-refractivity contribution in [1.82, 2.24) is 0 Å². The van der Waals surface area contributed by atoms with E-state index in [-0.39, 0.29) is 11.7 Å². The summed E-state index contributed by atoms with van der Waals surface area (Å²) in [6.45, 7) is 1.44. The lowest BCUT2D eigenvalue weighted by Gasteiger charge is -2.09. The predicted octanol–water partition coefficient (Wildman–Crippen LogP) is 3.29. The average Bonchev–Trinajstić information content (AvgIpc) is 2.05. The van der Waals surface area contributed by atoms with Gasteiger partial charge in [-0.25, -0.2) is 4.39 Å². The Morgan fingerprint density at radius 1 is 1.33 bits per heavy atom. The van der Waals surface area contributed by atoms with Crippen molar-refractivity contribution in [1.29, 1.82) is 0 Å². The fourth-order valence-electron chi connectivity index (χ4n) is 1.19. The van der Waals surface area contributed by atoms with Gasteiger partial charge >= 0.3 is 0 Å². The Labute approximate surface area is 71.2 Å². The van der Waals surface area contributed by atoms with E-state index in [2.05, 4.69) is 0 Å². The van der Waals surface area contributed by atoms with Crippen LogP contribution in [0, 0.1) is 5.82 Å². The quantitative estimate of drug-likeness (QED) is 0.653. The summed E-state index contributed by atoms with van der Waals surface area (Å²) in [6, 6.07) is 6.52. The Kier molecular flexibility index (Phi) is 3.20. The second-order valence-corrected chi connectivity index (χ2v) is 2.90. The topological polar surface area (TPSA) is 0 Å². The van der Waals surface area contributed by atoms with E-state index in [1.807, 2.05) is 6.92 Å². The van der Waals surface area contributed by atoms with E-state index in [0.29, 0.717) is 12.0 Å². The largest absolute Gasteiger partial charge is 0.251 e. The molecule has 0 saturated carbocycles. The van der Waals surface area contributed by atoms with Crippen LogP contribution in [-0.4, -0.2) is 6.67 Å². The second-order valence-electron chi connectivity index (χ2n) is 2.90. The minimum atomic E-state index is -0.393. The van der Waals surface area contributed by atoms with Crippen molar-refractivity contribution in [2.24, 2.45) is 0 Å². The van der Waals surface area contributed by atoms with E-state index in [0.717, 1.165) is 0 Å². The van der Waals surface area contributed by atoms with Crippen LogP contribution in [0.15, 0.2) is 24.3 Å². The van der Waals surface area contributed by atoms with E-state index in [1.165, 1.54) is 6.07 Å². The number of benzene rings is 1. The van der Waals surface area contributed by atoms with E-state index >= 15 is 0 Å². The first kappa shape index (κ1) is 9.17. The number of rotatable bonds is 3. The fourth-order valence-corrected chi connectivity index (χ4v) is 1.19. The molecule has 0 bridgehead atoms. The first-order chi connectivity index (χ1) is 5.75. The van der Waals surface area contributed by atoms with Gasteiger partial charge in [-0.1, -0.05) is 25.1 Å². The van der Waals surface area contributed by atoms with Gasteiger partial charge in [-0.05, 0) is 24.0 Å². The molecular weight excluding hydrogens is 158 g/mol. The van der Waals surface area contributed by atoms with E-state index in [9.17, 15) is 8.78 Å². The zero-order chi connectivity index (χ0) is 8.97. The monoisotopic (exact) mass is 170 g/mol. The summed E-state index contributed by atoms with van der Waals surface area (Å²) in [5.74, 6) is -0.269. The number of hydrogen-bond donors (Lipinski definition) is 0. The molecule has 1 unspecified atom stereocenters. The lowest BCUT2D eigenvalue weighted by Crippen LogP contribution is -1.97. The molecule has 0 N–H and O–H groups in total. The zero-order valence-corrected chi connectivity index (χ0v) is 7.06. The predicted molar refractivity (Wildman–Crippen MR) is 45.4 cm³/mol. The molecule has 1 atom stereocenters. The lowest BCUT2D eigenvalue weighted by molar-refractivity contribution is 0.441. The molecule has 0 heterocycles. The molecular formula is C10H12F2. The van der Waals surface area contributed by atoms with Gasteiger partial charge in [0, 0.05) is 0 Å². The van der Waals surface area contributed by atoms with Crippen LogP contribution in [0.4, 0.5) is 8.78 Å². The maximum atomic E-state index is 13.0. The van der Waals surface area contributed by atoms with Crippen LogP contribution in [0.5, 0.6) is 0 Å². The van der Waals surface area contributed by atoms with Gasteiger partial charge in [0.1, 0.15) is 5.82 Å². The molecule has 1 aromatic carbocycles. The van der Waals surface area contributed by atoms with Gasteiger partial charge < -0.3 is 0 Å². The average molecular weight is 170 g/mol. The second kappa shape index (κ2) is 4.19. The molecule has 0 aliphatic heterocycles. The molecule has 0 spiro atoms. The summed E-state index contributed by atoms with van der Waals surface area (Å²) in [7, 11) is 0. The highest BCUT2D eigenvalue weighted by Crippen LogP contribution is 2.21. The van der Waals surface area contributed by atoms with Crippen molar-refractivity contribution >= 4 is 0 Å². The minimum Gasteiger partial charge on any atom is -0.251 e. The molecule has 0 radical (unpaired) electrons. The highest BCUT2D eigenvalue weighted by atomic mass is 19.1. The first-order valence-corrected chi connectivity index (χ1v) is 4.06. The van der Waals surface area contributed by atoms with Crippen LogP contribution >= 0.6 is 0 Å². The van der Waals surface area contributed by atoms with Gasteiger partial charge in [0.05, 0.1) is 6.67 Å². The standard InChI is InChI=1S/C10H12F2/c1-8(6-7-11)9-4-2-3-5-10(9)12/h2-5,8H,6-7H2,1H3. The Hall–Kier alpha value is -0.920. The van der Waals surface area contributed by atoms with Crippen LogP contribution in [0.25, 0.3) is 0 Å². The Morgan fingerprint density at radius 2 is 2.00 bits per heavy atom. The molecule has 0 aliphatic rings. The van der Waals surface area contributed by atoms with Crippen LogP contribution in [0.3, 0.4) is 0 Å². The summed E-state index contributed by atoms with van der Waals surface area (Å²) in [4.78, 5) is 0. The van der Waals surface area contributed by atoms with Crippen LogP contribution < -0.4 is 0 Å². The Bertz CT molecular complexity index is 245. The maximum Gasteiger partial charge on any atom is 0.126 e. The van der Waals surface area contributed by atoms with E-state index in [4.69, 9.17) is 0 Å². The SMILES string of the molecule is CC(CCF)c1ccccc1F. The number of hydrogen-bond acceptors (Lipinski definition) is 0. The number of alkyl halides is 1. The molecule has 0 aromatic heterocycles. The zero-order valence-electron chi connectivity index (χ0n) is 7.06. The molecule has 0 amide bonds. The van der Waals surface area contributed by atoms with Gasteiger partial charge in [0.15, 0.2) is 0 Å². The molecule has 2 heteroatoms. The molecule has 0 fully saturated rings. The third-order valence-corrected chi connectivity index (χ3v) is 1.98. The summed E-state index contributed by atoms with van der Waals surface area (Å²) in [5.41, 5.74) is 0.607. The highest BCUT2D eigenvalue weighted by molar-refractivity contribution is 5.20. The van der Waals surface area contributed by atoms with Crippen LogP contribution in [0.2, 0.25) is 0 Å². The fraction of sp³-hybridized carbons (Fsp3) is 0.400. The normalized spacial score (nSPS) is 12.9. The van der Waals surface area contributed by atoms with Gasteiger partial charge in [0.25, 0.3) is 0 Å². The van der Waals surface area contributed by atoms with Crippen molar-refractivity contribution in [3.8, 4) is 0 Å². The van der Waals surface area contributed by atoms with Gasteiger partial charge in [-0.2, -0.15) is 0 Å². The van der Waals surface area contributed by atoms with Crippen LogP contribution in [-0.2, 0) is 0 Å². The molecule has 0 nitrogen and oxygen atoms in total. The van der Waals surface area contributed by atoms with Crippen molar-refractivity contribution in [3.63, 3.8) is 0 Å². The Balaban J connectivity index is 2.79. The third kappa shape index (κ3) is 2.03. The molecule has 66 valence electrons. The smallest absolute Gasteiger partial charge is 0.126 e. The highest BCUT2D eigenvalue weighted by Gasteiger charge is 2.08. The van der Waals surface area contributed by atoms with Gasteiger partial charge in [-0.15, -0.1) is 0 Å². The minimum absolute atomic E-state index is 0.0313. The van der Waals surface area contributed by atoms with E-state index in [1.54, 1.807) is 18.2 Å². The van der Waals surface area contributed by atoms with Crippen molar-refractivity contribution in [3.05, 3.63) is 35.6 Å². The molecule has 12 heavy (non-hydrogen) atoms. The summed E-state index contributed by atoms with van der Waals surface area (Å²) in [6.07, 6.45) is 0.390. The molecule has 1 aromatic rings. The van der Waals surface area contributed by atoms with Gasteiger partial charge in [0.2, 0.25) is 0 Å². The van der Waals surface area contributed by atoms with E-state index < -0.39 is 6.67 Å². The first-order valence-electron chi connectivity index (χ1n) is 4.06. The van der Waals surface area contributed by atoms with Gasteiger partial charge in [-0.3, -0.25) is 4.39 Å². The summed E-state index contributed by atoms with van der Waals surface area (Å²) in [5, 5.41) is 0. The van der Waals surface area contributed by atoms with Crippen molar-refractivity contribution in [2.45, 2.75) is 19.3 Å². The molecule has 0 aliphatic carbocycles. The summed E-state index contributed by atoms with van der Waals surface area (Å²) < 4.78 is 25.0. The van der Waals surface area contributed by atoms with Crippen molar-refractivity contribution < 1.29 is 8.78 Å². The Morgan fingerprint density at radius 3 is 2.58 bits per heavy atom. The maximum absolute atomic E-state index is 13.0. The van der Waals surface area contributed by atoms with Crippen molar-refractivity contribution in [2.75, 3.05) is 6.67 Å². The summed E-state index contributed by atoms with van der Waals surface area (Å²) >= 11 is 0. The van der Waals surface area contributed by atoms with Crippen LogP contribution in [0.1, 0.15) is 24.8 Å². The lowest BCUT2D eigenvalue weighted by atomic mass is 9.98. The molecule has 1 rings (SSSR count). The molecule has 0 saturated heterocycles. The number of halogens is 2.